The summed E-state index contributed by atoms with van der Waals surface area (Å²) in [5.41, 5.74) is 1.68. The molecule has 0 radical (unpaired) electrons. The molecule has 2 aromatic rings. The van der Waals surface area contributed by atoms with Gasteiger partial charge in [-0.3, -0.25) is 4.79 Å². The molecule has 0 spiro atoms. The van der Waals surface area contributed by atoms with E-state index in [1.54, 1.807) is 7.11 Å². The van der Waals surface area contributed by atoms with Crippen LogP contribution in [-0.4, -0.2) is 42.4 Å². The van der Waals surface area contributed by atoms with Gasteiger partial charge in [-0.05, 0) is 62.4 Å². The quantitative estimate of drug-likeness (QED) is 0.789. The molecule has 2 heterocycles. The minimum absolute atomic E-state index is 0.140. The number of rotatable bonds is 5. The van der Waals surface area contributed by atoms with Crippen LogP contribution in [0.25, 0.3) is 10.9 Å². The fourth-order valence-electron chi connectivity index (χ4n) is 3.71. The molecule has 4 rings (SSSR count). The van der Waals surface area contributed by atoms with Crippen molar-refractivity contribution in [2.24, 2.45) is 11.8 Å². The summed E-state index contributed by atoms with van der Waals surface area (Å²) < 4.78 is 5.16. The number of nitrogens with zero attached hydrogens (tertiary/aromatic N) is 2. The molecule has 1 unspecified atom stereocenters. The third kappa shape index (κ3) is 3.29. The van der Waals surface area contributed by atoms with Gasteiger partial charge in [-0.25, -0.2) is 4.98 Å². The lowest BCUT2D eigenvalue weighted by Crippen LogP contribution is -2.39. The van der Waals surface area contributed by atoms with Crippen molar-refractivity contribution in [3.8, 4) is 5.88 Å². The Morgan fingerprint density at radius 3 is 2.92 bits per heavy atom. The summed E-state index contributed by atoms with van der Waals surface area (Å²) in [6.45, 7) is 3.27. The molecule has 24 heavy (non-hydrogen) atoms. The van der Waals surface area contributed by atoms with Crippen LogP contribution in [0.5, 0.6) is 5.88 Å². The number of ether oxygens (including phenoxy) is 1. The third-order valence-electron chi connectivity index (χ3n) is 5.25. The molecule has 1 aromatic heterocycles. The van der Waals surface area contributed by atoms with Gasteiger partial charge in [-0.1, -0.05) is 0 Å². The molecule has 4 nitrogen and oxygen atoms in total. The number of fused-ring (bicyclic) bond motifs is 1. The van der Waals surface area contributed by atoms with Gasteiger partial charge >= 0.3 is 0 Å². The molecule has 1 saturated carbocycles. The Morgan fingerprint density at radius 1 is 1.25 bits per heavy atom. The average molecular weight is 324 g/mol. The number of Topliss-reactive ketones (excluding diaryl/α,β-unsaturated/α-hetero) is 1. The van der Waals surface area contributed by atoms with Crippen molar-refractivity contribution in [1.82, 2.24) is 9.88 Å². The first-order valence-electron chi connectivity index (χ1n) is 8.94. The Bertz CT molecular complexity index is 754. The molecule has 1 atom stereocenters. The van der Waals surface area contributed by atoms with Crippen LogP contribution in [0.4, 0.5) is 0 Å². The third-order valence-corrected chi connectivity index (χ3v) is 5.25. The number of pyridine rings is 1. The van der Waals surface area contributed by atoms with E-state index in [0.717, 1.165) is 48.3 Å². The van der Waals surface area contributed by atoms with Crippen molar-refractivity contribution in [2.75, 3.05) is 26.7 Å². The van der Waals surface area contributed by atoms with E-state index in [1.165, 1.54) is 19.4 Å². The number of methoxy groups -OCH3 is 1. The molecule has 0 amide bonds. The number of benzene rings is 1. The van der Waals surface area contributed by atoms with Gasteiger partial charge in [-0.15, -0.1) is 0 Å². The Balaban J connectivity index is 1.51. The fourth-order valence-corrected chi connectivity index (χ4v) is 3.71. The van der Waals surface area contributed by atoms with Crippen molar-refractivity contribution in [2.45, 2.75) is 25.7 Å². The summed E-state index contributed by atoms with van der Waals surface area (Å²) >= 11 is 0. The topological polar surface area (TPSA) is 42.4 Å². The van der Waals surface area contributed by atoms with E-state index in [9.17, 15) is 4.79 Å². The highest BCUT2D eigenvalue weighted by atomic mass is 16.5. The highest BCUT2D eigenvalue weighted by Crippen LogP contribution is 2.32. The summed E-state index contributed by atoms with van der Waals surface area (Å²) in [5.74, 6) is 1.92. The number of likely N-dealkylation sites (tertiary alicyclic amines) is 1. The highest BCUT2D eigenvalue weighted by Gasteiger charge is 2.30. The van der Waals surface area contributed by atoms with Crippen LogP contribution in [0.3, 0.4) is 0 Å². The number of hydrogen-bond donors (Lipinski definition) is 0. The summed E-state index contributed by atoms with van der Waals surface area (Å²) in [6, 6.07) is 9.63. The zero-order valence-corrected chi connectivity index (χ0v) is 14.2. The van der Waals surface area contributed by atoms with E-state index in [4.69, 9.17) is 4.74 Å². The minimum Gasteiger partial charge on any atom is -0.481 e. The van der Waals surface area contributed by atoms with Crippen LogP contribution in [-0.2, 0) is 0 Å². The Labute approximate surface area is 142 Å². The zero-order chi connectivity index (χ0) is 16.5. The molecule has 0 N–H and O–H groups in total. The number of hydrogen-bond acceptors (Lipinski definition) is 4. The standard InChI is InChI=1S/C20H24N2O2/c1-24-19-9-7-15-11-16(6-8-18(15)21-19)20(23)17-3-2-10-22(13-17)12-14-4-5-14/h6-9,11,14,17H,2-5,10,12-13H2,1H3. The SMILES string of the molecule is COc1ccc2cc(C(=O)C3CCCN(CC4CC4)C3)ccc2n1. The van der Waals surface area contributed by atoms with Gasteiger partial charge in [-0.2, -0.15) is 0 Å². The van der Waals surface area contributed by atoms with Gasteiger partial charge < -0.3 is 9.64 Å². The molecule has 4 heteroatoms. The summed E-state index contributed by atoms with van der Waals surface area (Å²) in [5, 5.41) is 0.993. The molecule has 1 aromatic carbocycles. The average Bonchev–Trinajstić information content (AvgIpc) is 3.44. The lowest BCUT2D eigenvalue weighted by molar-refractivity contribution is 0.0815. The van der Waals surface area contributed by atoms with Crippen LogP contribution >= 0.6 is 0 Å². The Morgan fingerprint density at radius 2 is 2.12 bits per heavy atom. The number of aromatic nitrogens is 1. The molecular formula is C20H24N2O2. The second kappa shape index (κ2) is 6.52. The molecule has 1 saturated heterocycles. The van der Waals surface area contributed by atoms with Crippen molar-refractivity contribution in [1.29, 1.82) is 0 Å². The maximum atomic E-state index is 12.9. The van der Waals surface area contributed by atoms with Crippen molar-refractivity contribution in [3.63, 3.8) is 0 Å². The van der Waals surface area contributed by atoms with Gasteiger partial charge in [0.15, 0.2) is 5.78 Å². The number of carbonyl (C=O) groups excluding carboxylic acids is 1. The second-order valence-electron chi connectivity index (χ2n) is 7.17. The highest BCUT2D eigenvalue weighted by molar-refractivity contribution is 6.01. The van der Waals surface area contributed by atoms with Crippen LogP contribution in [0, 0.1) is 11.8 Å². The summed E-state index contributed by atoms with van der Waals surface area (Å²) in [7, 11) is 1.61. The Hall–Kier alpha value is -1.94. The van der Waals surface area contributed by atoms with E-state index in [0.29, 0.717) is 5.88 Å². The van der Waals surface area contributed by atoms with Gasteiger partial charge in [0.05, 0.1) is 12.6 Å². The minimum atomic E-state index is 0.140. The zero-order valence-electron chi connectivity index (χ0n) is 14.2. The summed E-state index contributed by atoms with van der Waals surface area (Å²) in [6.07, 6.45) is 4.89. The van der Waals surface area contributed by atoms with Crippen LogP contribution in [0.15, 0.2) is 30.3 Å². The smallest absolute Gasteiger partial charge is 0.213 e. The van der Waals surface area contributed by atoms with E-state index < -0.39 is 0 Å². The van der Waals surface area contributed by atoms with E-state index in [-0.39, 0.29) is 11.7 Å². The maximum Gasteiger partial charge on any atom is 0.213 e. The van der Waals surface area contributed by atoms with Crippen LogP contribution < -0.4 is 4.74 Å². The number of ketones is 1. The Kier molecular flexibility index (Phi) is 4.23. The van der Waals surface area contributed by atoms with Gasteiger partial charge in [0.25, 0.3) is 0 Å². The first-order chi connectivity index (χ1) is 11.7. The normalized spacial score (nSPS) is 21.8. The second-order valence-corrected chi connectivity index (χ2v) is 7.17. The molecule has 2 fully saturated rings. The van der Waals surface area contributed by atoms with Gasteiger partial charge in [0.2, 0.25) is 5.88 Å². The van der Waals surface area contributed by atoms with Crippen LogP contribution in [0.2, 0.25) is 0 Å². The van der Waals surface area contributed by atoms with Crippen molar-refractivity contribution in [3.05, 3.63) is 35.9 Å². The molecule has 0 bridgehead atoms. The fraction of sp³-hybridized carbons (Fsp3) is 0.500. The van der Waals surface area contributed by atoms with Crippen molar-refractivity contribution < 1.29 is 9.53 Å². The lowest BCUT2D eigenvalue weighted by atomic mass is 9.89. The molecule has 1 aliphatic carbocycles. The van der Waals surface area contributed by atoms with Gasteiger partial charge in [0, 0.05) is 36.0 Å². The monoisotopic (exact) mass is 324 g/mol. The van der Waals surface area contributed by atoms with E-state index in [2.05, 4.69) is 9.88 Å². The van der Waals surface area contributed by atoms with Crippen LogP contribution in [0.1, 0.15) is 36.0 Å². The number of piperidine rings is 1. The molecule has 1 aliphatic heterocycles. The predicted molar refractivity (Wildman–Crippen MR) is 94.5 cm³/mol. The molecule has 2 aliphatic rings. The first-order valence-corrected chi connectivity index (χ1v) is 8.94. The maximum absolute atomic E-state index is 12.9. The van der Waals surface area contributed by atoms with E-state index in [1.807, 2.05) is 30.3 Å². The predicted octanol–water partition coefficient (Wildman–Crippen LogP) is 3.55. The molecule has 126 valence electrons. The lowest BCUT2D eigenvalue weighted by Gasteiger charge is -2.32. The molecular weight excluding hydrogens is 300 g/mol. The number of carbonyl (C=O) groups is 1. The largest absolute Gasteiger partial charge is 0.481 e. The van der Waals surface area contributed by atoms with E-state index >= 15 is 0 Å². The van der Waals surface area contributed by atoms with Crippen molar-refractivity contribution >= 4 is 16.7 Å². The summed E-state index contributed by atoms with van der Waals surface area (Å²) in [4.78, 5) is 19.9. The van der Waals surface area contributed by atoms with Gasteiger partial charge in [0.1, 0.15) is 0 Å². The first kappa shape index (κ1) is 15.6.